The molecule has 0 atom stereocenters. The fourth-order valence-corrected chi connectivity index (χ4v) is 2.08. The summed E-state index contributed by atoms with van der Waals surface area (Å²) in [5.41, 5.74) is 8.75. The van der Waals surface area contributed by atoms with Gasteiger partial charge in [-0.1, -0.05) is 31.2 Å². The van der Waals surface area contributed by atoms with E-state index in [-0.39, 0.29) is 0 Å². The van der Waals surface area contributed by atoms with Gasteiger partial charge in [-0.15, -0.1) is 5.10 Å². The number of benzene rings is 1. The molecule has 0 amide bonds. The maximum Gasteiger partial charge on any atom is 0.132 e. The van der Waals surface area contributed by atoms with Gasteiger partial charge in [0.15, 0.2) is 0 Å². The molecule has 0 unspecified atom stereocenters. The van der Waals surface area contributed by atoms with Crippen molar-refractivity contribution in [2.24, 2.45) is 5.73 Å². The molecule has 0 aliphatic heterocycles. The number of nitrogens with two attached hydrogens (primary N) is 1. The zero-order chi connectivity index (χ0) is 14.4. The Hall–Kier alpha value is -1.88. The number of nitrogens with zero attached hydrogens (tertiary/aromatic N) is 3. The van der Waals surface area contributed by atoms with Gasteiger partial charge in [0, 0.05) is 13.1 Å². The molecule has 0 aliphatic carbocycles. The van der Waals surface area contributed by atoms with Crippen LogP contribution in [0.25, 0.3) is 0 Å². The lowest BCUT2D eigenvalue weighted by Gasteiger charge is -2.10. The third kappa shape index (κ3) is 3.36. The zero-order valence-electron chi connectivity index (χ0n) is 12.2. The van der Waals surface area contributed by atoms with Gasteiger partial charge < -0.3 is 10.5 Å². The molecule has 2 aromatic rings. The lowest BCUT2D eigenvalue weighted by atomic mass is 10.2. The summed E-state index contributed by atoms with van der Waals surface area (Å²) >= 11 is 0. The summed E-state index contributed by atoms with van der Waals surface area (Å²) in [5, 5.41) is 8.24. The second-order valence-corrected chi connectivity index (χ2v) is 4.70. The highest BCUT2D eigenvalue weighted by molar-refractivity contribution is 5.28. The van der Waals surface area contributed by atoms with Crippen LogP contribution in [-0.2, 0) is 26.1 Å². The van der Waals surface area contributed by atoms with E-state index in [1.807, 2.05) is 16.8 Å². The van der Waals surface area contributed by atoms with Crippen LogP contribution >= 0.6 is 0 Å². The van der Waals surface area contributed by atoms with Crippen molar-refractivity contribution in [3.8, 4) is 5.75 Å². The molecule has 1 heterocycles. The molecular weight excluding hydrogens is 252 g/mol. The minimum Gasteiger partial charge on any atom is -0.487 e. The first kappa shape index (κ1) is 14.5. The Kier molecular flexibility index (Phi) is 5.12. The molecule has 5 heteroatoms. The summed E-state index contributed by atoms with van der Waals surface area (Å²) < 4.78 is 7.75. The zero-order valence-corrected chi connectivity index (χ0v) is 12.2. The van der Waals surface area contributed by atoms with E-state index in [0.29, 0.717) is 13.2 Å². The Balaban J connectivity index is 2.11. The first-order valence-corrected chi connectivity index (χ1v) is 7.11. The van der Waals surface area contributed by atoms with Gasteiger partial charge >= 0.3 is 0 Å². The second-order valence-electron chi connectivity index (χ2n) is 4.70. The standard InChI is InChI=1S/C15H22N4O/c1-3-8-19-15(14(10-16)17-18-19)11-20-13-7-5-6-12(4-2)9-13/h5-7,9H,3-4,8,10-11,16H2,1-2H3. The number of aromatic nitrogens is 3. The van der Waals surface area contributed by atoms with Crippen molar-refractivity contribution in [1.82, 2.24) is 15.0 Å². The Morgan fingerprint density at radius 2 is 2.15 bits per heavy atom. The highest BCUT2D eigenvalue weighted by Crippen LogP contribution is 2.16. The van der Waals surface area contributed by atoms with Gasteiger partial charge in [-0.25, -0.2) is 4.68 Å². The van der Waals surface area contributed by atoms with Crippen LogP contribution < -0.4 is 10.5 Å². The fraction of sp³-hybridized carbons (Fsp3) is 0.467. The SMILES string of the molecule is CCCn1nnc(CN)c1COc1cccc(CC)c1. The first-order chi connectivity index (χ1) is 9.78. The molecular formula is C15H22N4O. The topological polar surface area (TPSA) is 66.0 Å². The molecule has 2 N–H and O–H groups in total. The van der Waals surface area contributed by atoms with E-state index < -0.39 is 0 Å². The molecule has 0 saturated carbocycles. The van der Waals surface area contributed by atoms with E-state index in [1.165, 1.54) is 5.56 Å². The van der Waals surface area contributed by atoms with Gasteiger partial charge in [0.1, 0.15) is 23.7 Å². The highest BCUT2D eigenvalue weighted by atomic mass is 16.5. The number of hydrogen-bond acceptors (Lipinski definition) is 4. The Morgan fingerprint density at radius 1 is 1.30 bits per heavy atom. The molecule has 0 saturated heterocycles. The first-order valence-electron chi connectivity index (χ1n) is 7.11. The summed E-state index contributed by atoms with van der Waals surface area (Å²) in [4.78, 5) is 0. The van der Waals surface area contributed by atoms with E-state index in [9.17, 15) is 0 Å². The van der Waals surface area contributed by atoms with E-state index in [4.69, 9.17) is 10.5 Å². The van der Waals surface area contributed by atoms with Crippen molar-refractivity contribution in [3.05, 3.63) is 41.2 Å². The Morgan fingerprint density at radius 3 is 2.85 bits per heavy atom. The van der Waals surface area contributed by atoms with Crippen LogP contribution in [0, 0.1) is 0 Å². The van der Waals surface area contributed by atoms with Crippen molar-refractivity contribution < 1.29 is 4.74 Å². The molecule has 0 spiro atoms. The third-order valence-corrected chi connectivity index (χ3v) is 3.23. The summed E-state index contributed by atoms with van der Waals surface area (Å²) in [5.74, 6) is 0.872. The predicted octanol–water partition coefficient (Wildman–Crippen LogP) is 2.29. The minimum absolute atomic E-state index is 0.386. The van der Waals surface area contributed by atoms with Crippen LogP contribution in [0.4, 0.5) is 0 Å². The molecule has 5 nitrogen and oxygen atoms in total. The summed E-state index contributed by atoms with van der Waals surface area (Å²) in [6.45, 7) is 5.91. The van der Waals surface area contributed by atoms with Crippen LogP contribution in [0.2, 0.25) is 0 Å². The maximum absolute atomic E-state index is 5.87. The predicted molar refractivity (Wildman–Crippen MR) is 78.4 cm³/mol. The van der Waals surface area contributed by atoms with E-state index in [1.54, 1.807) is 0 Å². The normalized spacial score (nSPS) is 10.8. The van der Waals surface area contributed by atoms with Gasteiger partial charge in [-0.3, -0.25) is 0 Å². The molecule has 1 aromatic heterocycles. The number of rotatable bonds is 7. The molecule has 0 fully saturated rings. The average Bonchev–Trinajstić information content (AvgIpc) is 2.88. The second kappa shape index (κ2) is 7.05. The highest BCUT2D eigenvalue weighted by Gasteiger charge is 2.11. The molecule has 108 valence electrons. The van der Waals surface area contributed by atoms with Crippen molar-refractivity contribution in [1.29, 1.82) is 0 Å². The number of ether oxygens (including phenoxy) is 1. The van der Waals surface area contributed by atoms with Crippen molar-refractivity contribution in [2.75, 3.05) is 0 Å². The molecule has 2 rings (SSSR count). The summed E-state index contributed by atoms with van der Waals surface area (Å²) in [6, 6.07) is 8.14. The maximum atomic E-state index is 5.87. The lowest BCUT2D eigenvalue weighted by molar-refractivity contribution is 0.290. The van der Waals surface area contributed by atoms with Gasteiger partial charge in [0.25, 0.3) is 0 Å². The van der Waals surface area contributed by atoms with E-state index in [2.05, 4.69) is 36.3 Å². The fourth-order valence-electron chi connectivity index (χ4n) is 2.08. The largest absolute Gasteiger partial charge is 0.487 e. The van der Waals surface area contributed by atoms with E-state index in [0.717, 1.165) is 36.5 Å². The van der Waals surface area contributed by atoms with Crippen LogP contribution in [0.5, 0.6) is 5.75 Å². The molecule has 0 aliphatic rings. The molecule has 1 aromatic carbocycles. The number of hydrogen-bond donors (Lipinski definition) is 1. The van der Waals surface area contributed by atoms with Gasteiger partial charge in [0.2, 0.25) is 0 Å². The smallest absolute Gasteiger partial charge is 0.132 e. The van der Waals surface area contributed by atoms with Gasteiger partial charge in [0.05, 0.1) is 0 Å². The molecule has 0 radical (unpaired) electrons. The minimum atomic E-state index is 0.386. The number of aryl methyl sites for hydroxylation is 2. The Bertz CT molecular complexity index is 551. The van der Waals surface area contributed by atoms with Gasteiger partial charge in [-0.05, 0) is 30.5 Å². The van der Waals surface area contributed by atoms with Crippen LogP contribution in [0.1, 0.15) is 37.2 Å². The average molecular weight is 274 g/mol. The summed E-state index contributed by atoms with van der Waals surface area (Å²) in [7, 11) is 0. The van der Waals surface area contributed by atoms with Gasteiger partial charge in [-0.2, -0.15) is 0 Å². The van der Waals surface area contributed by atoms with Crippen molar-refractivity contribution >= 4 is 0 Å². The lowest BCUT2D eigenvalue weighted by Crippen LogP contribution is -2.10. The quantitative estimate of drug-likeness (QED) is 0.841. The van der Waals surface area contributed by atoms with Crippen LogP contribution in [0.15, 0.2) is 24.3 Å². The molecule has 20 heavy (non-hydrogen) atoms. The van der Waals surface area contributed by atoms with E-state index >= 15 is 0 Å². The summed E-state index contributed by atoms with van der Waals surface area (Å²) in [6.07, 6.45) is 2.01. The Labute approximate surface area is 119 Å². The third-order valence-electron chi connectivity index (χ3n) is 3.23. The monoisotopic (exact) mass is 274 g/mol. The van der Waals surface area contributed by atoms with Crippen LogP contribution in [0.3, 0.4) is 0 Å². The van der Waals surface area contributed by atoms with Crippen LogP contribution in [-0.4, -0.2) is 15.0 Å². The van der Waals surface area contributed by atoms with Crippen molar-refractivity contribution in [2.45, 2.75) is 46.4 Å². The molecule has 0 bridgehead atoms. The van der Waals surface area contributed by atoms with Crippen molar-refractivity contribution in [3.63, 3.8) is 0 Å².